The summed E-state index contributed by atoms with van der Waals surface area (Å²) in [5.41, 5.74) is 5.73. The van der Waals surface area contributed by atoms with Gasteiger partial charge in [0, 0.05) is 33.4 Å². The fraction of sp³-hybridized carbons (Fsp3) is 0.323. The maximum atomic E-state index is 7.24. The average Bonchev–Trinajstić information content (AvgIpc) is 3.36. The largest absolute Gasteiger partial charge is 0.530 e. The third-order valence-electron chi connectivity index (χ3n) is 12.3. The Kier molecular flexibility index (Phi) is 17.1. The fourth-order valence-electron chi connectivity index (χ4n) is 8.20. The fourth-order valence-corrected chi connectivity index (χ4v) is 10.3. The van der Waals surface area contributed by atoms with Crippen molar-refractivity contribution in [3.63, 3.8) is 0 Å². The molecule has 0 bridgehead atoms. The van der Waals surface area contributed by atoms with Gasteiger partial charge in [-0.25, -0.2) is 0 Å². The van der Waals surface area contributed by atoms with E-state index in [9.17, 15) is 0 Å². The highest BCUT2D eigenvalue weighted by Gasteiger charge is 2.33. The molecule has 0 amide bonds. The minimum atomic E-state index is -2.25. The Labute approximate surface area is 442 Å². The molecule has 10 nitrogen and oxygen atoms in total. The van der Waals surface area contributed by atoms with Gasteiger partial charge in [-0.3, -0.25) is 0 Å². The Morgan fingerprint density at radius 3 is 0.932 bits per heavy atom. The summed E-state index contributed by atoms with van der Waals surface area (Å²) in [6.07, 6.45) is 0. The molecule has 0 unspecified atom stereocenters. The van der Waals surface area contributed by atoms with Gasteiger partial charge in [0.1, 0.15) is 57.5 Å². The molecule has 0 saturated carbocycles. The molecule has 0 saturated heterocycles. The predicted molar refractivity (Wildman–Crippen MR) is 302 cm³/mol. The number of ether oxygens (including phenoxy) is 4. The van der Waals surface area contributed by atoms with Gasteiger partial charge in [0.15, 0.2) is 0 Å². The van der Waals surface area contributed by atoms with Gasteiger partial charge in [0.25, 0.3) is 0 Å². The van der Waals surface area contributed by atoms with E-state index in [2.05, 4.69) is 101 Å². The predicted octanol–water partition coefficient (Wildman–Crippen LogP) is 17.8. The van der Waals surface area contributed by atoms with Crippen molar-refractivity contribution in [1.29, 1.82) is 0 Å². The van der Waals surface area contributed by atoms with Gasteiger partial charge in [-0.1, -0.05) is 138 Å². The number of para-hydroxylation sites is 1. The monoisotopic (exact) mass is 1040 g/mol. The van der Waals surface area contributed by atoms with Gasteiger partial charge in [0.2, 0.25) is 0 Å². The second-order valence-electron chi connectivity index (χ2n) is 22.0. The first kappa shape index (κ1) is 55.2. The van der Waals surface area contributed by atoms with Gasteiger partial charge in [-0.2, -0.15) is 0 Å². The summed E-state index contributed by atoms with van der Waals surface area (Å²) in [7, 11) is 2.18. The van der Waals surface area contributed by atoms with E-state index in [4.69, 9.17) is 46.1 Å². The molecular formula is C62H72O10P2. The molecule has 0 aliphatic rings. The zero-order valence-electron chi connectivity index (χ0n) is 45.8. The standard InChI is InChI=1S/C62H72O10P2/c1-59(2,3)49-37-43(63-13)27-32-54(49)68-73(69-55-33-28-44(64-14)38-50(55)60(4,5)6)67-53-25-21-20-24-47(53)48-31-26-42(41-22-18-17-19-23-41)36-58(48)72-74(70-56-34-29-45(65-15)39-51(56)61(7,8)9)71-57-35-30-46(66-16)40-52(57)62(10,11)12/h17-40H,1-16H3. The molecule has 7 rings (SSSR count). The van der Waals surface area contributed by atoms with Crippen molar-refractivity contribution in [2.24, 2.45) is 0 Å². The molecule has 74 heavy (non-hydrogen) atoms. The average molecular weight is 1040 g/mol. The first-order valence-corrected chi connectivity index (χ1v) is 26.9. The molecule has 0 heterocycles. The normalized spacial score (nSPS) is 12.0. The summed E-state index contributed by atoms with van der Waals surface area (Å²) in [6.45, 7) is 25.6. The molecule has 0 aliphatic heterocycles. The van der Waals surface area contributed by atoms with Crippen LogP contribution in [0.3, 0.4) is 0 Å². The van der Waals surface area contributed by atoms with Crippen LogP contribution in [0.4, 0.5) is 0 Å². The van der Waals surface area contributed by atoms with E-state index in [-0.39, 0.29) is 21.7 Å². The Hall–Kier alpha value is -6.60. The SMILES string of the molecule is COc1ccc(OP(Oc2ccccc2-c2ccc(-c3ccccc3)cc2OP(Oc2ccc(OC)cc2C(C)(C)C)Oc2ccc(OC)cc2C(C)(C)C)Oc2ccc(OC)cc2C(C)(C)C)c(C(C)(C)C)c1. The van der Waals surface area contributed by atoms with Crippen LogP contribution in [0, 0.1) is 0 Å². The van der Waals surface area contributed by atoms with Crippen LogP contribution in [-0.4, -0.2) is 28.4 Å². The van der Waals surface area contributed by atoms with Crippen LogP contribution >= 0.6 is 17.2 Å². The maximum absolute atomic E-state index is 7.24. The van der Waals surface area contributed by atoms with Crippen LogP contribution < -0.4 is 46.1 Å². The summed E-state index contributed by atoms with van der Waals surface area (Å²) < 4.78 is 65.1. The number of hydrogen-bond donors (Lipinski definition) is 0. The summed E-state index contributed by atoms with van der Waals surface area (Å²) in [4.78, 5) is 0. The number of rotatable bonds is 18. The Morgan fingerprint density at radius 1 is 0.270 bits per heavy atom. The van der Waals surface area contributed by atoms with Gasteiger partial charge < -0.3 is 46.1 Å². The topological polar surface area (TPSA) is 92.3 Å². The molecule has 0 fully saturated rings. The van der Waals surface area contributed by atoms with Crippen molar-refractivity contribution in [3.05, 3.63) is 168 Å². The Bertz CT molecular complexity index is 2880. The lowest BCUT2D eigenvalue weighted by molar-refractivity contribution is 0.370. The van der Waals surface area contributed by atoms with Gasteiger partial charge >= 0.3 is 17.2 Å². The lowest BCUT2D eigenvalue weighted by Crippen LogP contribution is -2.16. The first-order chi connectivity index (χ1) is 35.0. The van der Waals surface area contributed by atoms with Crippen molar-refractivity contribution in [2.75, 3.05) is 28.4 Å². The third kappa shape index (κ3) is 13.6. The second kappa shape index (κ2) is 22.9. The van der Waals surface area contributed by atoms with Crippen LogP contribution in [0.25, 0.3) is 22.3 Å². The lowest BCUT2D eigenvalue weighted by atomic mass is 9.86. The maximum Gasteiger partial charge on any atom is 0.530 e. The molecule has 0 atom stereocenters. The van der Waals surface area contributed by atoms with E-state index in [1.54, 1.807) is 28.4 Å². The van der Waals surface area contributed by atoms with E-state index >= 15 is 0 Å². The third-order valence-corrected chi connectivity index (χ3v) is 14.4. The quantitative estimate of drug-likeness (QED) is 0.0774. The van der Waals surface area contributed by atoms with Crippen LogP contribution in [0.1, 0.15) is 105 Å². The number of hydrogen-bond acceptors (Lipinski definition) is 10. The molecule has 0 radical (unpaired) electrons. The van der Waals surface area contributed by atoms with Crippen molar-refractivity contribution in [1.82, 2.24) is 0 Å². The van der Waals surface area contributed by atoms with E-state index in [1.165, 1.54) is 0 Å². The highest BCUT2D eigenvalue weighted by molar-refractivity contribution is 7.43. The Balaban J connectivity index is 1.40. The second-order valence-corrected chi connectivity index (χ2v) is 24.0. The molecule has 0 aromatic heterocycles. The van der Waals surface area contributed by atoms with Crippen LogP contribution in [-0.2, 0) is 21.7 Å². The van der Waals surface area contributed by atoms with Crippen molar-refractivity contribution < 1.29 is 46.1 Å². The minimum Gasteiger partial charge on any atom is -0.497 e. The molecule has 7 aromatic carbocycles. The van der Waals surface area contributed by atoms with Crippen LogP contribution in [0.15, 0.2) is 146 Å². The summed E-state index contributed by atoms with van der Waals surface area (Å²) in [6, 6.07) is 47.3. The smallest absolute Gasteiger partial charge is 0.497 e. The van der Waals surface area contributed by atoms with Crippen molar-refractivity contribution in [2.45, 2.75) is 105 Å². The van der Waals surface area contributed by atoms with E-state index in [0.717, 1.165) is 33.4 Å². The molecule has 0 spiro atoms. The van der Waals surface area contributed by atoms with Crippen molar-refractivity contribution in [3.8, 4) is 79.7 Å². The lowest BCUT2D eigenvalue weighted by Gasteiger charge is -2.28. The first-order valence-electron chi connectivity index (χ1n) is 24.7. The Morgan fingerprint density at radius 2 is 0.581 bits per heavy atom. The summed E-state index contributed by atoms with van der Waals surface area (Å²) >= 11 is 0. The highest BCUT2D eigenvalue weighted by atomic mass is 31.2. The van der Waals surface area contributed by atoms with Gasteiger partial charge in [-0.15, -0.1) is 0 Å². The molecule has 0 N–H and O–H groups in total. The molecule has 0 aliphatic carbocycles. The van der Waals surface area contributed by atoms with Crippen molar-refractivity contribution >= 4 is 17.2 Å². The minimum absolute atomic E-state index is 0.326. The highest BCUT2D eigenvalue weighted by Crippen LogP contribution is 2.54. The molecule has 12 heteroatoms. The molecule has 390 valence electrons. The summed E-state index contributed by atoms with van der Waals surface area (Å²) in [5, 5.41) is 0. The number of methoxy groups -OCH3 is 4. The summed E-state index contributed by atoms with van der Waals surface area (Å²) in [5.74, 6) is 6.24. The van der Waals surface area contributed by atoms with Crippen LogP contribution in [0.5, 0.6) is 57.5 Å². The number of benzene rings is 7. The van der Waals surface area contributed by atoms with E-state index in [0.29, 0.717) is 68.6 Å². The molecular weight excluding hydrogens is 967 g/mol. The molecule has 7 aromatic rings. The van der Waals surface area contributed by atoms with Crippen LogP contribution in [0.2, 0.25) is 0 Å². The zero-order chi connectivity index (χ0) is 53.6. The zero-order valence-corrected chi connectivity index (χ0v) is 47.6. The van der Waals surface area contributed by atoms with E-state index in [1.807, 2.05) is 127 Å². The van der Waals surface area contributed by atoms with E-state index < -0.39 is 17.2 Å². The van der Waals surface area contributed by atoms with Gasteiger partial charge in [0.05, 0.1) is 28.4 Å². The van der Waals surface area contributed by atoms with Gasteiger partial charge in [-0.05, 0) is 124 Å².